The second-order valence-corrected chi connectivity index (χ2v) is 6.18. The summed E-state index contributed by atoms with van der Waals surface area (Å²) in [5, 5.41) is 3.32. The first-order valence-electron chi connectivity index (χ1n) is 6.08. The molecule has 0 amide bonds. The average molecular weight is 315 g/mol. The minimum Gasteiger partial charge on any atom is -0.496 e. The van der Waals surface area contributed by atoms with Crippen molar-refractivity contribution in [2.75, 3.05) is 27.7 Å². The van der Waals surface area contributed by atoms with E-state index in [0.29, 0.717) is 0 Å². The van der Waals surface area contributed by atoms with Crippen LogP contribution in [-0.2, 0) is 6.54 Å². The van der Waals surface area contributed by atoms with E-state index in [1.165, 1.54) is 5.56 Å². The van der Waals surface area contributed by atoms with Crippen LogP contribution < -0.4 is 10.1 Å². The number of hydrogen-bond donors (Lipinski definition) is 1. The van der Waals surface area contributed by atoms with Crippen LogP contribution in [0.2, 0.25) is 0 Å². The van der Waals surface area contributed by atoms with Crippen LogP contribution in [0.5, 0.6) is 5.75 Å². The van der Waals surface area contributed by atoms with Crippen molar-refractivity contribution < 1.29 is 4.74 Å². The average Bonchev–Trinajstić information content (AvgIpc) is 2.28. The molecule has 0 fully saturated rings. The van der Waals surface area contributed by atoms with Gasteiger partial charge in [0.2, 0.25) is 0 Å². The molecule has 0 unspecified atom stereocenters. The predicted molar refractivity (Wildman–Crippen MR) is 80.2 cm³/mol. The Labute approximate surface area is 119 Å². The molecule has 0 aromatic heterocycles. The minimum atomic E-state index is 0.105. The van der Waals surface area contributed by atoms with E-state index in [9.17, 15) is 0 Å². The number of ether oxygens (including phenoxy) is 1. The lowest BCUT2D eigenvalue weighted by atomic mass is 10.1. The van der Waals surface area contributed by atoms with Gasteiger partial charge in [-0.1, -0.05) is 15.9 Å². The van der Waals surface area contributed by atoms with Gasteiger partial charge in [0.15, 0.2) is 0 Å². The van der Waals surface area contributed by atoms with E-state index in [-0.39, 0.29) is 5.54 Å². The van der Waals surface area contributed by atoms with Crippen LogP contribution in [0.25, 0.3) is 0 Å². The molecule has 0 aliphatic carbocycles. The molecule has 1 N–H and O–H groups in total. The first-order valence-corrected chi connectivity index (χ1v) is 6.87. The first kappa shape index (κ1) is 15.5. The molecule has 0 spiro atoms. The van der Waals surface area contributed by atoms with Crippen molar-refractivity contribution in [3.05, 3.63) is 28.2 Å². The van der Waals surface area contributed by atoms with Crippen molar-refractivity contribution in [3.63, 3.8) is 0 Å². The summed E-state index contributed by atoms with van der Waals surface area (Å²) >= 11 is 3.50. The number of nitrogens with zero attached hydrogens (tertiary/aromatic N) is 1. The van der Waals surface area contributed by atoms with E-state index < -0.39 is 0 Å². The van der Waals surface area contributed by atoms with Gasteiger partial charge in [0.25, 0.3) is 0 Å². The summed E-state index contributed by atoms with van der Waals surface area (Å²) in [4.78, 5) is 2.29. The maximum Gasteiger partial charge on any atom is 0.123 e. The highest BCUT2D eigenvalue weighted by Crippen LogP contribution is 2.24. The standard InChI is InChI=1S/C14H23BrN2O/c1-14(2,16-3)10-17(4)9-11-8-12(15)6-7-13(11)18-5/h6-8,16H,9-10H2,1-5H3. The fraction of sp³-hybridized carbons (Fsp3) is 0.571. The molecule has 1 rings (SSSR count). The molecule has 0 heterocycles. The molecule has 4 heteroatoms. The molecule has 0 atom stereocenters. The molecule has 0 aliphatic rings. The number of likely N-dealkylation sites (N-methyl/N-ethyl adjacent to an activating group) is 2. The van der Waals surface area contributed by atoms with Crippen LogP contribution in [0, 0.1) is 0 Å². The Kier molecular flexibility index (Phi) is 5.63. The second-order valence-electron chi connectivity index (χ2n) is 5.26. The summed E-state index contributed by atoms with van der Waals surface area (Å²) in [5.41, 5.74) is 1.30. The third-order valence-corrected chi connectivity index (χ3v) is 3.52. The van der Waals surface area contributed by atoms with Crippen LogP contribution >= 0.6 is 15.9 Å². The van der Waals surface area contributed by atoms with Gasteiger partial charge in [-0.25, -0.2) is 0 Å². The van der Waals surface area contributed by atoms with Crippen LogP contribution in [0.1, 0.15) is 19.4 Å². The van der Waals surface area contributed by atoms with Crippen LogP contribution in [0.15, 0.2) is 22.7 Å². The summed E-state index contributed by atoms with van der Waals surface area (Å²) in [5.74, 6) is 0.937. The summed E-state index contributed by atoms with van der Waals surface area (Å²) in [7, 11) is 5.83. The van der Waals surface area contributed by atoms with Crippen LogP contribution in [-0.4, -0.2) is 38.2 Å². The minimum absolute atomic E-state index is 0.105. The topological polar surface area (TPSA) is 24.5 Å². The van der Waals surface area contributed by atoms with Gasteiger partial charge in [-0.15, -0.1) is 0 Å². The van der Waals surface area contributed by atoms with Gasteiger partial charge < -0.3 is 15.0 Å². The Morgan fingerprint density at radius 3 is 2.61 bits per heavy atom. The summed E-state index contributed by atoms with van der Waals surface area (Å²) in [6.07, 6.45) is 0. The Balaban J connectivity index is 2.75. The summed E-state index contributed by atoms with van der Waals surface area (Å²) in [6.45, 7) is 6.23. The fourth-order valence-corrected chi connectivity index (χ4v) is 2.38. The lowest BCUT2D eigenvalue weighted by molar-refractivity contribution is 0.235. The predicted octanol–water partition coefficient (Wildman–Crippen LogP) is 2.89. The fourth-order valence-electron chi connectivity index (χ4n) is 1.97. The molecule has 0 saturated carbocycles. The lowest BCUT2D eigenvalue weighted by Crippen LogP contribution is -2.46. The Morgan fingerprint density at radius 2 is 2.06 bits per heavy atom. The van der Waals surface area contributed by atoms with Gasteiger partial charge in [0.05, 0.1) is 7.11 Å². The molecular weight excluding hydrogens is 292 g/mol. The monoisotopic (exact) mass is 314 g/mol. The first-order chi connectivity index (χ1) is 8.38. The normalized spacial score (nSPS) is 11.9. The number of hydrogen-bond acceptors (Lipinski definition) is 3. The number of halogens is 1. The van der Waals surface area contributed by atoms with Gasteiger partial charge in [-0.3, -0.25) is 0 Å². The molecule has 0 bridgehead atoms. The Morgan fingerprint density at radius 1 is 1.39 bits per heavy atom. The van der Waals surface area contributed by atoms with Gasteiger partial charge in [0, 0.05) is 28.7 Å². The van der Waals surface area contributed by atoms with Crippen molar-refractivity contribution in [2.24, 2.45) is 0 Å². The number of rotatable bonds is 6. The van der Waals surface area contributed by atoms with Crippen molar-refractivity contribution in [1.82, 2.24) is 10.2 Å². The van der Waals surface area contributed by atoms with Gasteiger partial charge in [-0.05, 0) is 46.1 Å². The smallest absolute Gasteiger partial charge is 0.123 e. The van der Waals surface area contributed by atoms with Crippen LogP contribution in [0.4, 0.5) is 0 Å². The van der Waals surface area contributed by atoms with Crippen LogP contribution in [0.3, 0.4) is 0 Å². The maximum absolute atomic E-state index is 5.39. The van der Waals surface area contributed by atoms with Crippen molar-refractivity contribution in [1.29, 1.82) is 0 Å². The molecular formula is C14H23BrN2O. The maximum atomic E-state index is 5.39. The zero-order chi connectivity index (χ0) is 13.8. The van der Waals surface area contributed by atoms with Gasteiger partial charge >= 0.3 is 0 Å². The van der Waals surface area contributed by atoms with E-state index in [1.54, 1.807) is 7.11 Å². The Bertz CT molecular complexity index is 393. The van der Waals surface area contributed by atoms with Crippen molar-refractivity contribution >= 4 is 15.9 Å². The lowest BCUT2D eigenvalue weighted by Gasteiger charge is -2.30. The molecule has 0 aliphatic heterocycles. The molecule has 102 valence electrons. The van der Waals surface area contributed by atoms with E-state index in [2.05, 4.69) is 53.1 Å². The van der Waals surface area contributed by atoms with E-state index >= 15 is 0 Å². The SMILES string of the molecule is CNC(C)(C)CN(C)Cc1cc(Br)ccc1OC. The molecule has 0 radical (unpaired) electrons. The molecule has 1 aromatic rings. The van der Waals surface area contributed by atoms with Crippen molar-refractivity contribution in [2.45, 2.75) is 25.9 Å². The highest BCUT2D eigenvalue weighted by atomic mass is 79.9. The quantitative estimate of drug-likeness (QED) is 0.873. The van der Waals surface area contributed by atoms with Gasteiger partial charge in [-0.2, -0.15) is 0 Å². The molecule has 18 heavy (non-hydrogen) atoms. The number of benzene rings is 1. The number of methoxy groups -OCH3 is 1. The summed E-state index contributed by atoms with van der Waals surface area (Å²) in [6, 6.07) is 6.11. The molecule has 1 aromatic carbocycles. The van der Waals surface area contributed by atoms with E-state index in [1.807, 2.05) is 19.2 Å². The Hall–Kier alpha value is -0.580. The second kappa shape index (κ2) is 6.55. The van der Waals surface area contributed by atoms with E-state index in [4.69, 9.17) is 4.74 Å². The summed E-state index contributed by atoms with van der Waals surface area (Å²) < 4.78 is 6.48. The van der Waals surface area contributed by atoms with E-state index in [0.717, 1.165) is 23.3 Å². The van der Waals surface area contributed by atoms with Crippen molar-refractivity contribution in [3.8, 4) is 5.75 Å². The third kappa shape index (κ3) is 4.59. The zero-order valence-electron chi connectivity index (χ0n) is 11.9. The number of nitrogens with one attached hydrogen (secondary N) is 1. The third-order valence-electron chi connectivity index (χ3n) is 3.02. The zero-order valence-corrected chi connectivity index (χ0v) is 13.5. The highest BCUT2D eigenvalue weighted by Gasteiger charge is 2.18. The molecule has 0 saturated heterocycles. The molecule has 3 nitrogen and oxygen atoms in total. The highest BCUT2D eigenvalue weighted by molar-refractivity contribution is 9.10. The largest absolute Gasteiger partial charge is 0.496 e. The van der Waals surface area contributed by atoms with Gasteiger partial charge in [0.1, 0.15) is 5.75 Å².